The zero-order chi connectivity index (χ0) is 10.9. The number of hydrogen-bond donors (Lipinski definition) is 2. The molecule has 1 rings (SSSR count). The molecule has 0 bridgehead atoms. The maximum atomic E-state index is 5.43. The lowest BCUT2D eigenvalue weighted by Gasteiger charge is -2.15. The van der Waals surface area contributed by atoms with Crippen LogP contribution in [0.2, 0.25) is 0 Å². The Morgan fingerprint density at radius 1 is 1.60 bits per heavy atom. The summed E-state index contributed by atoms with van der Waals surface area (Å²) in [6.45, 7) is 3.37. The van der Waals surface area contributed by atoms with Crippen LogP contribution in [0.3, 0.4) is 0 Å². The zero-order valence-corrected chi connectivity index (χ0v) is 9.15. The van der Waals surface area contributed by atoms with Gasteiger partial charge in [-0.25, -0.2) is 0 Å². The molecule has 0 amide bonds. The van der Waals surface area contributed by atoms with Crippen molar-refractivity contribution in [3.05, 3.63) is 30.1 Å². The molecule has 1 heterocycles. The highest BCUT2D eigenvalue weighted by Gasteiger charge is 2.06. The Balaban J connectivity index is 2.28. The number of aryl methyl sites for hydroxylation is 1. The van der Waals surface area contributed by atoms with Crippen LogP contribution in [0, 0.1) is 0 Å². The van der Waals surface area contributed by atoms with Crippen molar-refractivity contribution in [3.63, 3.8) is 0 Å². The summed E-state index contributed by atoms with van der Waals surface area (Å²) >= 11 is 0. The van der Waals surface area contributed by atoms with E-state index >= 15 is 0 Å². The molecular weight excluding hydrogens is 190 g/mol. The highest BCUT2D eigenvalue weighted by Crippen LogP contribution is 2.03. The Bertz CT molecular complexity index is 253. The molecule has 0 spiro atoms. The van der Waals surface area contributed by atoms with Gasteiger partial charge in [0, 0.05) is 25.0 Å². The number of rotatable bonds is 7. The molecular formula is C11H19N3O. The first-order chi connectivity index (χ1) is 7.36. The maximum Gasteiger partial charge on any atom is 0.0633 e. The number of hydrogen-bond acceptors (Lipinski definition) is 4. The Labute approximate surface area is 90.8 Å². The molecule has 0 aliphatic carbocycles. The lowest BCUT2D eigenvalue weighted by atomic mass is 10.1. The van der Waals surface area contributed by atoms with Gasteiger partial charge in [-0.05, 0) is 31.4 Å². The number of hydrazine groups is 1. The molecule has 1 aromatic heterocycles. The molecule has 0 fully saturated rings. The summed E-state index contributed by atoms with van der Waals surface area (Å²) in [6.07, 6.45) is 5.59. The maximum absolute atomic E-state index is 5.43. The van der Waals surface area contributed by atoms with Gasteiger partial charge in [0.2, 0.25) is 0 Å². The van der Waals surface area contributed by atoms with Crippen molar-refractivity contribution < 1.29 is 4.74 Å². The standard InChI is InChI=1S/C11H19N3O/c1-2-15-9-11(14-12)6-5-10-4-3-7-13-8-10/h3-4,7-8,11,14H,2,5-6,9,12H2,1H3. The number of nitrogens with two attached hydrogens (primary N) is 1. The lowest BCUT2D eigenvalue weighted by molar-refractivity contribution is 0.120. The van der Waals surface area contributed by atoms with E-state index < -0.39 is 0 Å². The average molecular weight is 209 g/mol. The smallest absolute Gasteiger partial charge is 0.0633 e. The van der Waals surface area contributed by atoms with E-state index in [0.29, 0.717) is 6.61 Å². The van der Waals surface area contributed by atoms with Gasteiger partial charge in [-0.2, -0.15) is 0 Å². The molecule has 1 aromatic rings. The predicted molar refractivity (Wildman–Crippen MR) is 60.2 cm³/mol. The third-order valence-corrected chi connectivity index (χ3v) is 2.26. The average Bonchev–Trinajstić information content (AvgIpc) is 2.31. The molecule has 4 nitrogen and oxygen atoms in total. The van der Waals surface area contributed by atoms with E-state index in [4.69, 9.17) is 10.6 Å². The van der Waals surface area contributed by atoms with Crippen LogP contribution in [0.5, 0.6) is 0 Å². The molecule has 0 aliphatic heterocycles. The zero-order valence-electron chi connectivity index (χ0n) is 9.15. The fourth-order valence-electron chi connectivity index (χ4n) is 1.36. The summed E-state index contributed by atoms with van der Waals surface area (Å²) in [4.78, 5) is 4.07. The van der Waals surface area contributed by atoms with Crippen LogP contribution in [0.25, 0.3) is 0 Å². The first kappa shape index (κ1) is 12.1. The van der Waals surface area contributed by atoms with Gasteiger partial charge in [-0.1, -0.05) is 6.07 Å². The van der Waals surface area contributed by atoms with Crippen LogP contribution in [0.15, 0.2) is 24.5 Å². The quantitative estimate of drug-likeness (QED) is 0.517. The van der Waals surface area contributed by atoms with E-state index in [1.165, 1.54) is 5.56 Å². The summed E-state index contributed by atoms with van der Waals surface area (Å²) in [7, 11) is 0. The number of aromatic nitrogens is 1. The molecule has 84 valence electrons. The molecule has 1 unspecified atom stereocenters. The third kappa shape index (κ3) is 4.88. The monoisotopic (exact) mass is 209 g/mol. The Morgan fingerprint density at radius 2 is 2.47 bits per heavy atom. The summed E-state index contributed by atoms with van der Waals surface area (Å²) in [5, 5.41) is 0. The summed E-state index contributed by atoms with van der Waals surface area (Å²) in [6, 6.07) is 4.23. The highest BCUT2D eigenvalue weighted by atomic mass is 16.5. The van der Waals surface area contributed by atoms with E-state index in [1.807, 2.05) is 19.2 Å². The molecule has 3 N–H and O–H groups in total. The van der Waals surface area contributed by atoms with Crippen molar-refractivity contribution in [2.24, 2.45) is 5.84 Å². The van der Waals surface area contributed by atoms with E-state index in [1.54, 1.807) is 6.20 Å². The molecule has 0 saturated heterocycles. The Kier molecular flexibility index (Phi) is 5.92. The van der Waals surface area contributed by atoms with Gasteiger partial charge in [0.05, 0.1) is 6.61 Å². The van der Waals surface area contributed by atoms with Crippen molar-refractivity contribution in [2.75, 3.05) is 13.2 Å². The Morgan fingerprint density at radius 3 is 3.07 bits per heavy atom. The van der Waals surface area contributed by atoms with E-state index in [9.17, 15) is 0 Å². The predicted octanol–water partition coefficient (Wildman–Crippen LogP) is 0.883. The van der Waals surface area contributed by atoms with Crippen molar-refractivity contribution in [3.8, 4) is 0 Å². The molecule has 0 radical (unpaired) electrons. The summed E-state index contributed by atoms with van der Waals surface area (Å²) in [5.74, 6) is 5.43. The van der Waals surface area contributed by atoms with Crippen LogP contribution >= 0.6 is 0 Å². The summed E-state index contributed by atoms with van der Waals surface area (Å²) in [5.41, 5.74) is 3.99. The molecule has 0 aliphatic rings. The van der Waals surface area contributed by atoms with Gasteiger partial charge in [-0.3, -0.25) is 16.3 Å². The lowest BCUT2D eigenvalue weighted by Crippen LogP contribution is -2.39. The minimum absolute atomic E-state index is 0.213. The largest absolute Gasteiger partial charge is 0.380 e. The van der Waals surface area contributed by atoms with Crippen molar-refractivity contribution in [1.29, 1.82) is 0 Å². The topological polar surface area (TPSA) is 60.2 Å². The van der Waals surface area contributed by atoms with Gasteiger partial charge in [0.15, 0.2) is 0 Å². The number of ether oxygens (including phenoxy) is 1. The van der Waals surface area contributed by atoms with E-state index in [0.717, 1.165) is 19.4 Å². The van der Waals surface area contributed by atoms with Crippen LogP contribution in [-0.2, 0) is 11.2 Å². The first-order valence-corrected chi connectivity index (χ1v) is 5.29. The van der Waals surface area contributed by atoms with Crippen LogP contribution in [0.4, 0.5) is 0 Å². The second-order valence-corrected chi connectivity index (χ2v) is 3.42. The van der Waals surface area contributed by atoms with Gasteiger partial charge >= 0.3 is 0 Å². The highest BCUT2D eigenvalue weighted by molar-refractivity contribution is 5.08. The van der Waals surface area contributed by atoms with Crippen LogP contribution in [-0.4, -0.2) is 24.2 Å². The fraction of sp³-hybridized carbons (Fsp3) is 0.545. The minimum Gasteiger partial charge on any atom is -0.380 e. The van der Waals surface area contributed by atoms with Gasteiger partial charge in [-0.15, -0.1) is 0 Å². The SMILES string of the molecule is CCOCC(CCc1cccnc1)NN. The number of nitrogens with zero attached hydrogens (tertiary/aromatic N) is 1. The third-order valence-electron chi connectivity index (χ3n) is 2.26. The second-order valence-electron chi connectivity index (χ2n) is 3.42. The Hall–Kier alpha value is -0.970. The summed E-state index contributed by atoms with van der Waals surface area (Å²) < 4.78 is 5.32. The normalized spacial score (nSPS) is 12.7. The van der Waals surface area contributed by atoms with E-state index in [2.05, 4.69) is 16.5 Å². The van der Waals surface area contributed by atoms with Gasteiger partial charge in [0.1, 0.15) is 0 Å². The molecule has 0 aromatic carbocycles. The molecule has 15 heavy (non-hydrogen) atoms. The number of pyridine rings is 1. The minimum atomic E-state index is 0.213. The second kappa shape index (κ2) is 7.34. The first-order valence-electron chi connectivity index (χ1n) is 5.29. The molecule has 0 saturated carbocycles. The molecule has 4 heteroatoms. The van der Waals surface area contributed by atoms with Crippen LogP contribution < -0.4 is 11.3 Å². The number of nitrogens with one attached hydrogen (secondary N) is 1. The van der Waals surface area contributed by atoms with Crippen molar-refractivity contribution in [1.82, 2.24) is 10.4 Å². The van der Waals surface area contributed by atoms with Gasteiger partial charge < -0.3 is 4.74 Å². The van der Waals surface area contributed by atoms with Crippen molar-refractivity contribution >= 4 is 0 Å². The van der Waals surface area contributed by atoms with E-state index in [-0.39, 0.29) is 6.04 Å². The van der Waals surface area contributed by atoms with Crippen molar-refractivity contribution in [2.45, 2.75) is 25.8 Å². The van der Waals surface area contributed by atoms with Gasteiger partial charge in [0.25, 0.3) is 0 Å². The molecule has 1 atom stereocenters. The van der Waals surface area contributed by atoms with Crippen LogP contribution in [0.1, 0.15) is 18.9 Å². The fourth-order valence-corrected chi connectivity index (χ4v) is 1.36.